The van der Waals surface area contributed by atoms with Gasteiger partial charge in [-0.3, -0.25) is 10.2 Å². The van der Waals surface area contributed by atoms with E-state index in [2.05, 4.69) is 87.8 Å². The van der Waals surface area contributed by atoms with Crippen LogP contribution in [0.1, 0.15) is 83.8 Å². The second kappa shape index (κ2) is 10.3. The first kappa shape index (κ1) is 25.7. The molecule has 1 N–H and O–H groups in total. The molecule has 2 saturated carbocycles. The predicted octanol–water partition coefficient (Wildman–Crippen LogP) is 7.77. The minimum absolute atomic E-state index is 0.0551. The van der Waals surface area contributed by atoms with Crippen molar-refractivity contribution in [2.45, 2.75) is 92.6 Å². The Labute approximate surface area is 212 Å². The van der Waals surface area contributed by atoms with Gasteiger partial charge in [-0.25, -0.2) is 0 Å². The molecule has 4 nitrogen and oxygen atoms in total. The molecule has 0 saturated heterocycles. The number of aryl methyl sites for hydroxylation is 2. The van der Waals surface area contributed by atoms with E-state index >= 15 is 0 Å². The number of benzene rings is 1. The van der Waals surface area contributed by atoms with E-state index in [-0.39, 0.29) is 22.9 Å². The fourth-order valence-electron chi connectivity index (χ4n) is 7.56. The lowest BCUT2D eigenvalue weighted by molar-refractivity contribution is -0.148. The fourth-order valence-corrected chi connectivity index (χ4v) is 7.56. The smallest absolute Gasteiger partial charge is 0.302 e. The van der Waals surface area contributed by atoms with E-state index in [1.807, 2.05) is 0 Å². The molecule has 2 fully saturated rings. The van der Waals surface area contributed by atoms with Gasteiger partial charge in [0, 0.05) is 19.6 Å². The maximum atomic E-state index is 11.5. The summed E-state index contributed by atoms with van der Waals surface area (Å²) in [5.41, 5.74) is 8.81. The van der Waals surface area contributed by atoms with Gasteiger partial charge in [-0.05, 0) is 99.5 Å². The molecule has 4 heteroatoms. The van der Waals surface area contributed by atoms with Crippen molar-refractivity contribution in [1.82, 2.24) is 0 Å². The summed E-state index contributed by atoms with van der Waals surface area (Å²) in [6, 6.07) is 6.43. The first-order chi connectivity index (χ1) is 16.7. The minimum Gasteiger partial charge on any atom is -0.462 e. The zero-order valence-corrected chi connectivity index (χ0v) is 22.6. The highest BCUT2D eigenvalue weighted by atomic mass is 16.5. The van der Waals surface area contributed by atoms with Gasteiger partial charge < -0.3 is 4.74 Å². The molecule has 0 heterocycles. The Balaban J connectivity index is 1.53. The van der Waals surface area contributed by atoms with Crippen LogP contribution in [0.3, 0.4) is 0 Å². The number of rotatable bonds is 6. The highest BCUT2D eigenvalue weighted by Gasteiger charge is 2.54. The molecule has 0 unspecified atom stereocenters. The number of nitrogens with one attached hydrogen (secondary N) is 1. The molecule has 1 aromatic rings. The third-order valence-electron chi connectivity index (χ3n) is 9.39. The van der Waals surface area contributed by atoms with Crippen LogP contribution in [-0.2, 0) is 9.53 Å². The predicted molar refractivity (Wildman–Crippen MR) is 145 cm³/mol. The number of carbonyl (C=O) groups excluding carboxylic acids is 1. The van der Waals surface area contributed by atoms with Crippen LogP contribution in [0, 0.1) is 42.4 Å². The molecule has 190 valence electrons. The van der Waals surface area contributed by atoms with E-state index in [1.165, 1.54) is 36.5 Å². The number of esters is 1. The van der Waals surface area contributed by atoms with Gasteiger partial charge in [0.05, 0.1) is 5.69 Å². The lowest BCUT2D eigenvalue weighted by atomic mass is 9.47. The summed E-state index contributed by atoms with van der Waals surface area (Å²) in [7, 11) is 0. The van der Waals surface area contributed by atoms with E-state index in [1.54, 1.807) is 0 Å². The Morgan fingerprint density at radius 1 is 1.23 bits per heavy atom. The monoisotopic (exact) mass is 476 g/mol. The molecule has 35 heavy (non-hydrogen) atoms. The van der Waals surface area contributed by atoms with Crippen LogP contribution in [0.2, 0.25) is 0 Å². The molecule has 3 aliphatic rings. The number of nitrogens with zero attached hydrogens (tertiary/aromatic N) is 1. The molecule has 6 atom stereocenters. The van der Waals surface area contributed by atoms with Crippen molar-refractivity contribution in [2.24, 2.45) is 33.7 Å². The third-order valence-corrected chi connectivity index (χ3v) is 9.39. The zero-order chi connectivity index (χ0) is 25.2. The van der Waals surface area contributed by atoms with Gasteiger partial charge in [-0.2, -0.15) is 5.10 Å². The SMILES string of the molecule is C/C=C/[C@@]1(C)CC[C@H]2[C@@H](CC=C3C[C@@H](OC(C)=O)CC[C@@]32C)[C@@H]1C/C=N/Nc1ccc(C)cc1C. The maximum absolute atomic E-state index is 11.5. The molecule has 0 aromatic heterocycles. The van der Waals surface area contributed by atoms with Gasteiger partial charge in [-0.1, -0.05) is 55.3 Å². The summed E-state index contributed by atoms with van der Waals surface area (Å²) in [5.74, 6) is 1.74. The number of allylic oxidation sites excluding steroid dienone is 3. The Kier molecular flexibility index (Phi) is 7.59. The molecule has 0 spiro atoms. The lowest BCUT2D eigenvalue weighted by Crippen LogP contribution is -2.50. The molecule has 0 radical (unpaired) electrons. The molecule has 4 rings (SSSR count). The van der Waals surface area contributed by atoms with Crippen LogP contribution in [0.15, 0.2) is 47.1 Å². The van der Waals surface area contributed by atoms with Gasteiger partial charge in [0.15, 0.2) is 0 Å². The lowest BCUT2D eigenvalue weighted by Gasteiger charge is -2.58. The van der Waals surface area contributed by atoms with Crippen molar-refractivity contribution < 1.29 is 9.53 Å². The summed E-state index contributed by atoms with van der Waals surface area (Å²) in [6.07, 6.45) is 17.0. The minimum atomic E-state index is -0.151. The van der Waals surface area contributed by atoms with E-state index in [9.17, 15) is 4.79 Å². The van der Waals surface area contributed by atoms with Crippen molar-refractivity contribution >= 4 is 17.9 Å². The summed E-state index contributed by atoms with van der Waals surface area (Å²) >= 11 is 0. The highest BCUT2D eigenvalue weighted by Crippen LogP contribution is 2.62. The van der Waals surface area contributed by atoms with E-state index in [0.717, 1.165) is 37.8 Å². The summed E-state index contributed by atoms with van der Waals surface area (Å²) in [4.78, 5) is 11.5. The Morgan fingerprint density at radius 3 is 2.74 bits per heavy atom. The van der Waals surface area contributed by atoms with Crippen LogP contribution >= 0.6 is 0 Å². The van der Waals surface area contributed by atoms with Crippen LogP contribution in [-0.4, -0.2) is 18.3 Å². The largest absolute Gasteiger partial charge is 0.462 e. The van der Waals surface area contributed by atoms with Crippen molar-refractivity contribution in [1.29, 1.82) is 0 Å². The second-order valence-corrected chi connectivity index (χ2v) is 11.8. The molecule has 1 aromatic carbocycles. The van der Waals surface area contributed by atoms with Crippen molar-refractivity contribution in [3.05, 3.63) is 53.1 Å². The number of hydrogen-bond donors (Lipinski definition) is 1. The topological polar surface area (TPSA) is 50.7 Å². The Morgan fingerprint density at radius 2 is 2.03 bits per heavy atom. The van der Waals surface area contributed by atoms with E-state index in [4.69, 9.17) is 4.74 Å². The molecular formula is C31H44N2O2. The van der Waals surface area contributed by atoms with Crippen LogP contribution < -0.4 is 5.43 Å². The summed E-state index contributed by atoms with van der Waals surface area (Å²) < 4.78 is 5.61. The van der Waals surface area contributed by atoms with Gasteiger partial charge in [-0.15, -0.1) is 0 Å². The summed E-state index contributed by atoms with van der Waals surface area (Å²) in [6.45, 7) is 12.9. The normalized spacial score (nSPS) is 34.9. The third kappa shape index (κ3) is 5.27. The van der Waals surface area contributed by atoms with Crippen molar-refractivity contribution in [2.75, 3.05) is 5.43 Å². The van der Waals surface area contributed by atoms with Crippen LogP contribution in [0.25, 0.3) is 0 Å². The van der Waals surface area contributed by atoms with E-state index < -0.39 is 0 Å². The molecule has 3 aliphatic carbocycles. The van der Waals surface area contributed by atoms with Crippen LogP contribution in [0.4, 0.5) is 5.69 Å². The van der Waals surface area contributed by atoms with Gasteiger partial charge >= 0.3 is 5.97 Å². The Hall–Kier alpha value is -2.36. The standard InChI is InChI=1S/C31H44N2O2/c1-7-15-30(5)16-13-28-26(10-9-24-20-25(35-23(4)34)12-17-31(24,28)6)27(30)14-18-32-33-29-11-8-21(2)19-22(29)3/h7-9,11,15,18-19,25-28,33H,10,12-14,16-17,20H2,1-6H3/b15-7+,32-18+/t25-,26-,27-,28-,30-,31-/m0/s1. The maximum Gasteiger partial charge on any atom is 0.302 e. The number of ether oxygens (including phenoxy) is 1. The first-order valence-corrected chi connectivity index (χ1v) is 13.5. The van der Waals surface area contributed by atoms with Crippen molar-refractivity contribution in [3.63, 3.8) is 0 Å². The Bertz CT molecular complexity index is 1020. The van der Waals surface area contributed by atoms with Gasteiger partial charge in [0.25, 0.3) is 0 Å². The van der Waals surface area contributed by atoms with Crippen LogP contribution in [0.5, 0.6) is 0 Å². The van der Waals surface area contributed by atoms with Gasteiger partial charge in [0.1, 0.15) is 6.10 Å². The number of hydrazone groups is 1. The summed E-state index contributed by atoms with van der Waals surface area (Å²) in [5, 5.41) is 4.66. The average Bonchev–Trinajstić information content (AvgIpc) is 2.79. The second-order valence-electron chi connectivity index (χ2n) is 11.8. The fraction of sp³-hybridized carbons (Fsp3) is 0.613. The van der Waals surface area contributed by atoms with E-state index in [0.29, 0.717) is 17.8 Å². The number of fused-ring (bicyclic) bond motifs is 3. The first-order valence-electron chi connectivity index (χ1n) is 13.5. The molecule has 0 aliphatic heterocycles. The number of hydrogen-bond acceptors (Lipinski definition) is 4. The average molecular weight is 477 g/mol. The van der Waals surface area contributed by atoms with Gasteiger partial charge in [0.2, 0.25) is 0 Å². The molecular weight excluding hydrogens is 432 g/mol. The number of carbonyl (C=O) groups is 1. The number of anilines is 1. The highest BCUT2D eigenvalue weighted by molar-refractivity contribution is 5.66. The molecule has 0 bridgehead atoms. The zero-order valence-electron chi connectivity index (χ0n) is 22.6. The van der Waals surface area contributed by atoms with Crippen molar-refractivity contribution in [3.8, 4) is 0 Å². The molecule has 0 amide bonds. The quantitative estimate of drug-likeness (QED) is 0.197.